The fraction of sp³-hybridized carbons (Fsp3) is 0.400. The number of ether oxygens (including phenoxy) is 2. The molecule has 0 bridgehead atoms. The molecule has 2 aliphatic rings. The Morgan fingerprint density at radius 2 is 1.64 bits per heavy atom. The molecule has 33 heavy (non-hydrogen) atoms. The van der Waals surface area contributed by atoms with E-state index in [-0.39, 0.29) is 19.1 Å². The number of benzene rings is 2. The number of alkyl carbamates (subject to hydrolysis) is 1. The number of fused-ring (bicyclic) bond motifs is 3. The van der Waals surface area contributed by atoms with Gasteiger partial charge in [-0.1, -0.05) is 48.5 Å². The second-order valence-electron chi connectivity index (χ2n) is 8.92. The summed E-state index contributed by atoms with van der Waals surface area (Å²) in [4.78, 5) is 38.8. The van der Waals surface area contributed by atoms with Crippen molar-refractivity contribution in [1.82, 2.24) is 10.2 Å². The highest BCUT2D eigenvalue weighted by Crippen LogP contribution is 2.44. The van der Waals surface area contributed by atoms with E-state index in [4.69, 9.17) is 9.47 Å². The standard InChI is InChI=1S/C25H28N2O6/c1-24(15-32-3,21(28)27(2)25(12-13-25)22(29)30)26-23(31)33-14-20-18-10-6-4-8-16(18)17-9-5-7-11-19(17)20/h4-11,20H,12-15H2,1-3H3,(H,26,31)(H,29,30). The highest BCUT2D eigenvalue weighted by molar-refractivity contribution is 5.95. The van der Waals surface area contributed by atoms with Gasteiger partial charge in [-0.2, -0.15) is 0 Å². The number of nitrogens with zero attached hydrogens (tertiary/aromatic N) is 1. The molecule has 2 aromatic carbocycles. The number of nitrogens with one attached hydrogen (secondary N) is 1. The van der Waals surface area contributed by atoms with E-state index in [1.807, 2.05) is 36.4 Å². The maximum absolute atomic E-state index is 13.2. The Kier molecular flexibility index (Phi) is 5.88. The van der Waals surface area contributed by atoms with Crippen LogP contribution in [0.1, 0.15) is 36.8 Å². The Morgan fingerprint density at radius 1 is 1.09 bits per heavy atom. The quantitative estimate of drug-likeness (QED) is 0.638. The molecule has 2 N–H and O–H groups in total. The first kappa shape index (κ1) is 22.8. The fourth-order valence-corrected chi connectivity index (χ4v) is 4.68. The van der Waals surface area contributed by atoms with Gasteiger partial charge >= 0.3 is 12.1 Å². The highest BCUT2D eigenvalue weighted by Gasteiger charge is 2.58. The predicted octanol–water partition coefficient (Wildman–Crippen LogP) is 3.01. The van der Waals surface area contributed by atoms with Crippen molar-refractivity contribution in [3.05, 3.63) is 59.7 Å². The van der Waals surface area contributed by atoms with Crippen molar-refractivity contribution >= 4 is 18.0 Å². The Labute approximate surface area is 192 Å². The third kappa shape index (κ3) is 3.95. The average molecular weight is 453 g/mol. The number of carboxylic acids is 1. The predicted molar refractivity (Wildman–Crippen MR) is 121 cm³/mol. The molecule has 2 aliphatic carbocycles. The van der Waals surface area contributed by atoms with Crippen molar-refractivity contribution in [3.8, 4) is 11.1 Å². The molecule has 1 unspecified atom stereocenters. The fourth-order valence-electron chi connectivity index (χ4n) is 4.68. The molecule has 4 rings (SSSR count). The molecule has 0 aromatic heterocycles. The molecular weight excluding hydrogens is 424 g/mol. The van der Waals surface area contributed by atoms with E-state index in [0.717, 1.165) is 22.3 Å². The lowest BCUT2D eigenvalue weighted by Crippen LogP contribution is -2.62. The lowest BCUT2D eigenvalue weighted by molar-refractivity contribution is -0.154. The normalized spacial score (nSPS) is 17.3. The second-order valence-corrected chi connectivity index (χ2v) is 8.92. The van der Waals surface area contributed by atoms with E-state index in [1.54, 1.807) is 0 Å². The van der Waals surface area contributed by atoms with Gasteiger partial charge in [0.25, 0.3) is 5.91 Å². The van der Waals surface area contributed by atoms with Gasteiger partial charge in [-0.25, -0.2) is 9.59 Å². The zero-order chi connectivity index (χ0) is 23.8. The Hall–Kier alpha value is -3.39. The third-order valence-electron chi connectivity index (χ3n) is 6.70. The van der Waals surface area contributed by atoms with Crippen molar-refractivity contribution in [2.45, 2.75) is 36.8 Å². The molecule has 0 spiro atoms. The number of aliphatic carboxylic acids is 1. The van der Waals surface area contributed by atoms with Crippen molar-refractivity contribution < 1.29 is 29.0 Å². The van der Waals surface area contributed by atoms with Gasteiger partial charge in [-0.3, -0.25) is 4.79 Å². The molecule has 8 nitrogen and oxygen atoms in total. The number of rotatable bonds is 8. The molecule has 174 valence electrons. The Morgan fingerprint density at radius 3 is 2.12 bits per heavy atom. The van der Waals surface area contributed by atoms with E-state index in [2.05, 4.69) is 17.4 Å². The smallest absolute Gasteiger partial charge is 0.408 e. The summed E-state index contributed by atoms with van der Waals surface area (Å²) >= 11 is 0. The van der Waals surface area contributed by atoms with E-state index in [9.17, 15) is 19.5 Å². The SMILES string of the molecule is COCC(C)(NC(=O)OCC1c2ccccc2-c2ccccc21)C(=O)N(C)C1(C(=O)O)CC1. The summed E-state index contributed by atoms with van der Waals surface area (Å²) in [5.41, 5.74) is 1.70. The van der Waals surface area contributed by atoms with Gasteiger partial charge in [-0.05, 0) is 42.0 Å². The van der Waals surface area contributed by atoms with Gasteiger partial charge < -0.3 is 24.8 Å². The lowest BCUT2D eigenvalue weighted by Gasteiger charge is -2.35. The monoisotopic (exact) mass is 452 g/mol. The first-order chi connectivity index (χ1) is 15.7. The van der Waals surface area contributed by atoms with Crippen LogP contribution in [0.5, 0.6) is 0 Å². The van der Waals surface area contributed by atoms with Gasteiger partial charge in [0, 0.05) is 20.1 Å². The van der Waals surface area contributed by atoms with Crippen LogP contribution in [0.3, 0.4) is 0 Å². The molecule has 0 saturated heterocycles. The first-order valence-corrected chi connectivity index (χ1v) is 10.9. The van der Waals surface area contributed by atoms with Crippen LogP contribution in [0.25, 0.3) is 11.1 Å². The summed E-state index contributed by atoms with van der Waals surface area (Å²) in [6, 6.07) is 16.0. The van der Waals surface area contributed by atoms with Crippen molar-refractivity contribution in [3.63, 3.8) is 0 Å². The van der Waals surface area contributed by atoms with Gasteiger partial charge in [-0.15, -0.1) is 0 Å². The second kappa shape index (κ2) is 8.51. The zero-order valence-electron chi connectivity index (χ0n) is 19.0. The van der Waals surface area contributed by atoms with E-state index in [1.165, 1.54) is 26.0 Å². The average Bonchev–Trinajstić information content (AvgIpc) is 3.55. The minimum Gasteiger partial charge on any atom is -0.479 e. The number of carbonyl (C=O) groups is 3. The van der Waals surface area contributed by atoms with Crippen molar-refractivity contribution in [2.75, 3.05) is 27.4 Å². The van der Waals surface area contributed by atoms with E-state index < -0.39 is 29.0 Å². The van der Waals surface area contributed by atoms with Crippen LogP contribution in [0.2, 0.25) is 0 Å². The summed E-state index contributed by atoms with van der Waals surface area (Å²) in [5.74, 6) is -1.71. The topological polar surface area (TPSA) is 105 Å². The molecule has 2 amide bonds. The van der Waals surface area contributed by atoms with E-state index >= 15 is 0 Å². The van der Waals surface area contributed by atoms with Crippen LogP contribution in [0.15, 0.2) is 48.5 Å². The van der Waals surface area contributed by atoms with Gasteiger partial charge in [0.1, 0.15) is 17.7 Å². The number of carbonyl (C=O) groups excluding carboxylic acids is 2. The van der Waals surface area contributed by atoms with Crippen molar-refractivity contribution in [2.24, 2.45) is 0 Å². The number of amides is 2. The number of hydrogen-bond acceptors (Lipinski definition) is 5. The Bertz CT molecular complexity index is 1050. The van der Waals surface area contributed by atoms with Crippen LogP contribution >= 0.6 is 0 Å². The minimum atomic E-state index is -1.48. The summed E-state index contributed by atoms with van der Waals surface area (Å²) in [7, 11) is 2.85. The molecule has 1 atom stereocenters. The summed E-state index contributed by atoms with van der Waals surface area (Å²) < 4.78 is 10.7. The van der Waals surface area contributed by atoms with E-state index in [0.29, 0.717) is 12.8 Å². The van der Waals surface area contributed by atoms with Crippen LogP contribution in [0, 0.1) is 0 Å². The summed E-state index contributed by atoms with van der Waals surface area (Å²) in [5, 5.41) is 12.1. The molecule has 0 radical (unpaired) electrons. The molecule has 1 saturated carbocycles. The van der Waals surface area contributed by atoms with Crippen LogP contribution in [-0.2, 0) is 19.1 Å². The molecule has 1 fully saturated rings. The summed E-state index contributed by atoms with van der Waals surface area (Å²) in [6.07, 6.45) is -0.0182. The lowest BCUT2D eigenvalue weighted by atomic mass is 9.98. The molecular formula is C25H28N2O6. The maximum atomic E-state index is 13.2. The molecule has 0 aliphatic heterocycles. The van der Waals surface area contributed by atoms with Crippen LogP contribution < -0.4 is 5.32 Å². The number of carboxylic acid groups (broad SMARTS) is 1. The molecule has 0 heterocycles. The number of hydrogen-bond donors (Lipinski definition) is 2. The number of likely N-dealkylation sites (N-methyl/N-ethyl adjacent to an activating group) is 1. The largest absolute Gasteiger partial charge is 0.479 e. The number of methoxy groups -OCH3 is 1. The van der Waals surface area contributed by atoms with Crippen LogP contribution in [-0.4, -0.2) is 66.4 Å². The van der Waals surface area contributed by atoms with Gasteiger partial charge in [0.15, 0.2) is 0 Å². The Balaban J connectivity index is 1.47. The van der Waals surface area contributed by atoms with Gasteiger partial charge in [0.2, 0.25) is 0 Å². The van der Waals surface area contributed by atoms with Crippen molar-refractivity contribution in [1.29, 1.82) is 0 Å². The van der Waals surface area contributed by atoms with Gasteiger partial charge in [0.05, 0.1) is 6.61 Å². The summed E-state index contributed by atoms with van der Waals surface area (Å²) in [6.45, 7) is 1.48. The maximum Gasteiger partial charge on any atom is 0.408 e. The molecule has 2 aromatic rings. The molecule has 8 heteroatoms. The third-order valence-corrected chi connectivity index (χ3v) is 6.70. The van der Waals surface area contributed by atoms with Crippen LogP contribution in [0.4, 0.5) is 4.79 Å². The first-order valence-electron chi connectivity index (χ1n) is 10.9. The minimum absolute atomic E-state index is 0.103. The highest BCUT2D eigenvalue weighted by atomic mass is 16.5. The zero-order valence-corrected chi connectivity index (χ0v) is 19.0.